The van der Waals surface area contributed by atoms with Crippen molar-refractivity contribution in [2.75, 3.05) is 52.9 Å². The first-order chi connectivity index (χ1) is 14.0. The van der Waals surface area contributed by atoms with Crippen LogP contribution in [0.1, 0.15) is 44.6 Å². The van der Waals surface area contributed by atoms with Crippen LogP contribution in [0.25, 0.3) is 0 Å². The molecule has 3 rings (SSSR count). The Morgan fingerprint density at radius 1 is 1.17 bits per heavy atom. The fourth-order valence-electron chi connectivity index (χ4n) is 4.84. The predicted octanol–water partition coefficient (Wildman–Crippen LogP) is 3.66. The second kappa shape index (κ2) is 11.1. The average molecular weight is 404 g/mol. The number of carbonyl (C=O) groups is 1. The van der Waals surface area contributed by atoms with E-state index >= 15 is 0 Å². The summed E-state index contributed by atoms with van der Waals surface area (Å²) >= 11 is 0. The Kier molecular flexibility index (Phi) is 8.49. The molecule has 0 saturated carbocycles. The van der Waals surface area contributed by atoms with Crippen LogP contribution >= 0.6 is 0 Å². The van der Waals surface area contributed by atoms with E-state index in [1.54, 1.807) is 12.1 Å². The molecule has 0 aliphatic carbocycles. The van der Waals surface area contributed by atoms with Crippen LogP contribution in [0.2, 0.25) is 0 Å². The number of halogens is 1. The smallest absolute Gasteiger partial charge is 0.222 e. The molecule has 1 aromatic rings. The van der Waals surface area contributed by atoms with Crippen molar-refractivity contribution < 1.29 is 9.18 Å². The number of hydrogen-bond donors (Lipinski definition) is 0. The van der Waals surface area contributed by atoms with Gasteiger partial charge in [0.15, 0.2) is 0 Å². The van der Waals surface area contributed by atoms with Gasteiger partial charge in [-0.25, -0.2) is 4.39 Å². The number of benzene rings is 1. The summed E-state index contributed by atoms with van der Waals surface area (Å²) in [5, 5.41) is 0. The molecule has 0 spiro atoms. The molecule has 162 valence electrons. The highest BCUT2D eigenvalue weighted by Gasteiger charge is 2.26. The Morgan fingerprint density at radius 2 is 1.97 bits per heavy atom. The average Bonchev–Trinajstić information content (AvgIpc) is 2.72. The minimum absolute atomic E-state index is 0.152. The van der Waals surface area contributed by atoms with Gasteiger partial charge in [-0.2, -0.15) is 0 Å². The van der Waals surface area contributed by atoms with Crippen LogP contribution < -0.4 is 0 Å². The summed E-state index contributed by atoms with van der Waals surface area (Å²) in [6, 6.07) is 6.94. The molecule has 0 unspecified atom stereocenters. The van der Waals surface area contributed by atoms with Crippen LogP contribution in [0.3, 0.4) is 0 Å². The molecular weight excluding hydrogens is 365 g/mol. The molecule has 1 atom stereocenters. The zero-order valence-corrected chi connectivity index (χ0v) is 18.3. The van der Waals surface area contributed by atoms with E-state index in [1.165, 1.54) is 18.9 Å². The SMILES string of the molecule is CCN(C[C@@H]1CCCN(CCc2cccc(F)c2)C1)C(=O)CC1CCN(C)CC1. The summed E-state index contributed by atoms with van der Waals surface area (Å²) in [4.78, 5) is 19.8. The van der Waals surface area contributed by atoms with Gasteiger partial charge in [0.05, 0.1) is 0 Å². The molecule has 0 radical (unpaired) electrons. The lowest BCUT2D eigenvalue weighted by Gasteiger charge is -2.36. The Balaban J connectivity index is 1.44. The number of piperidine rings is 2. The molecule has 1 amide bonds. The van der Waals surface area contributed by atoms with Crippen LogP contribution in [0.5, 0.6) is 0 Å². The van der Waals surface area contributed by atoms with Gasteiger partial charge in [0.2, 0.25) is 5.91 Å². The second-order valence-corrected chi connectivity index (χ2v) is 9.07. The molecule has 2 heterocycles. The molecule has 4 nitrogen and oxygen atoms in total. The van der Waals surface area contributed by atoms with Crippen LogP contribution in [-0.2, 0) is 11.2 Å². The van der Waals surface area contributed by atoms with Crippen molar-refractivity contribution in [3.05, 3.63) is 35.6 Å². The third kappa shape index (κ3) is 7.07. The lowest BCUT2D eigenvalue weighted by Crippen LogP contribution is -2.44. The molecule has 5 heteroatoms. The van der Waals surface area contributed by atoms with E-state index in [4.69, 9.17) is 0 Å². The van der Waals surface area contributed by atoms with Crippen LogP contribution in [0.4, 0.5) is 4.39 Å². The Bertz CT molecular complexity index is 645. The van der Waals surface area contributed by atoms with Gasteiger partial charge in [-0.05, 0) is 95.2 Å². The summed E-state index contributed by atoms with van der Waals surface area (Å²) in [7, 11) is 2.17. The molecule has 2 saturated heterocycles. The summed E-state index contributed by atoms with van der Waals surface area (Å²) < 4.78 is 13.4. The number of rotatable bonds is 8. The van der Waals surface area contributed by atoms with Crippen molar-refractivity contribution in [2.45, 2.75) is 45.4 Å². The van der Waals surface area contributed by atoms with Crippen molar-refractivity contribution in [1.82, 2.24) is 14.7 Å². The summed E-state index contributed by atoms with van der Waals surface area (Å²) in [6.45, 7) is 9.17. The standard InChI is InChI=1S/C24H38FN3O/c1-3-28(24(29)17-21-9-13-26(2)14-10-21)19-22-7-5-12-27(18-22)15-11-20-6-4-8-23(25)16-20/h4,6,8,16,21-22H,3,5,7,9-15,17-19H2,1-2H3/t22-/m1/s1. The van der Waals surface area contributed by atoms with E-state index in [9.17, 15) is 9.18 Å². The third-order valence-electron chi connectivity index (χ3n) is 6.72. The fourth-order valence-corrected chi connectivity index (χ4v) is 4.84. The first kappa shape index (κ1) is 22.2. The van der Waals surface area contributed by atoms with Gasteiger partial charge >= 0.3 is 0 Å². The molecule has 2 fully saturated rings. The quantitative estimate of drug-likeness (QED) is 0.663. The number of carbonyl (C=O) groups excluding carboxylic acids is 1. The highest BCUT2D eigenvalue weighted by molar-refractivity contribution is 5.76. The lowest BCUT2D eigenvalue weighted by molar-refractivity contribution is -0.133. The van der Waals surface area contributed by atoms with E-state index in [1.807, 2.05) is 6.07 Å². The summed E-state index contributed by atoms with van der Waals surface area (Å²) in [5.74, 6) is 1.30. The highest BCUT2D eigenvalue weighted by Crippen LogP contribution is 2.22. The second-order valence-electron chi connectivity index (χ2n) is 9.07. The van der Waals surface area contributed by atoms with E-state index in [0.717, 1.165) is 77.1 Å². The first-order valence-electron chi connectivity index (χ1n) is 11.5. The topological polar surface area (TPSA) is 26.8 Å². The predicted molar refractivity (Wildman–Crippen MR) is 116 cm³/mol. The van der Waals surface area contributed by atoms with E-state index < -0.39 is 0 Å². The van der Waals surface area contributed by atoms with Gasteiger partial charge in [-0.15, -0.1) is 0 Å². The van der Waals surface area contributed by atoms with Crippen molar-refractivity contribution in [2.24, 2.45) is 11.8 Å². The number of amides is 1. The molecule has 0 bridgehead atoms. The Morgan fingerprint density at radius 3 is 2.69 bits per heavy atom. The molecule has 1 aromatic carbocycles. The zero-order chi connectivity index (χ0) is 20.6. The van der Waals surface area contributed by atoms with Crippen LogP contribution in [0.15, 0.2) is 24.3 Å². The normalized spacial score (nSPS) is 22.0. The molecule has 29 heavy (non-hydrogen) atoms. The number of nitrogens with zero attached hydrogens (tertiary/aromatic N) is 3. The zero-order valence-electron chi connectivity index (χ0n) is 18.3. The van der Waals surface area contributed by atoms with Gasteiger partial charge < -0.3 is 14.7 Å². The molecule has 2 aliphatic rings. The highest BCUT2D eigenvalue weighted by atomic mass is 19.1. The minimum Gasteiger partial charge on any atom is -0.343 e. The molecule has 0 N–H and O–H groups in total. The monoisotopic (exact) mass is 403 g/mol. The van der Waals surface area contributed by atoms with E-state index in [2.05, 4.69) is 28.7 Å². The molecule has 2 aliphatic heterocycles. The lowest BCUT2D eigenvalue weighted by atomic mass is 9.92. The van der Waals surface area contributed by atoms with Gasteiger partial charge in [0.1, 0.15) is 5.82 Å². The third-order valence-corrected chi connectivity index (χ3v) is 6.72. The van der Waals surface area contributed by atoms with Gasteiger partial charge in [-0.1, -0.05) is 12.1 Å². The van der Waals surface area contributed by atoms with Crippen molar-refractivity contribution in [1.29, 1.82) is 0 Å². The number of likely N-dealkylation sites (tertiary alicyclic amines) is 2. The summed E-state index contributed by atoms with van der Waals surface area (Å²) in [6.07, 6.45) is 6.30. The van der Waals surface area contributed by atoms with Crippen molar-refractivity contribution >= 4 is 5.91 Å². The maximum atomic E-state index is 13.4. The Hall–Kier alpha value is -1.46. The first-order valence-corrected chi connectivity index (χ1v) is 11.5. The number of hydrogen-bond acceptors (Lipinski definition) is 3. The maximum Gasteiger partial charge on any atom is 0.222 e. The maximum absolute atomic E-state index is 13.4. The van der Waals surface area contributed by atoms with Crippen LogP contribution in [0, 0.1) is 17.7 Å². The van der Waals surface area contributed by atoms with Gasteiger partial charge in [0.25, 0.3) is 0 Å². The largest absolute Gasteiger partial charge is 0.343 e. The van der Waals surface area contributed by atoms with Gasteiger partial charge in [0, 0.05) is 32.6 Å². The van der Waals surface area contributed by atoms with Gasteiger partial charge in [-0.3, -0.25) is 4.79 Å². The Labute approximate surface area is 176 Å². The minimum atomic E-state index is -0.152. The summed E-state index contributed by atoms with van der Waals surface area (Å²) in [5.41, 5.74) is 1.07. The fraction of sp³-hybridized carbons (Fsp3) is 0.708. The van der Waals surface area contributed by atoms with E-state index in [0.29, 0.717) is 17.7 Å². The molecule has 0 aromatic heterocycles. The molecular formula is C24H38FN3O. The van der Waals surface area contributed by atoms with Crippen molar-refractivity contribution in [3.63, 3.8) is 0 Å². The van der Waals surface area contributed by atoms with Crippen molar-refractivity contribution in [3.8, 4) is 0 Å². The van der Waals surface area contributed by atoms with Crippen LogP contribution in [-0.4, -0.2) is 73.5 Å². The van der Waals surface area contributed by atoms with E-state index in [-0.39, 0.29) is 5.82 Å².